The van der Waals surface area contributed by atoms with Crippen LogP contribution in [0.25, 0.3) is 0 Å². The molecule has 0 fully saturated rings. The number of ether oxygens (including phenoxy) is 1. The minimum atomic E-state index is -4.45. The molecule has 400 valence electrons. The number of hydrogen-bond donors (Lipinski definition) is 2. The van der Waals surface area contributed by atoms with Crippen LogP contribution in [-0.2, 0) is 27.9 Å². The molecule has 0 bridgehead atoms. The molecule has 0 spiro atoms. The summed E-state index contributed by atoms with van der Waals surface area (Å²) in [5.74, 6) is -0.527. The number of quaternary nitrogens is 1. The second kappa shape index (κ2) is 48.8. The zero-order valence-corrected chi connectivity index (χ0v) is 46.5. The van der Waals surface area contributed by atoms with Crippen LogP contribution < -0.4 is 5.32 Å². The molecule has 0 aliphatic heterocycles. The van der Waals surface area contributed by atoms with Crippen LogP contribution in [0, 0.1) is 0 Å². The molecule has 0 radical (unpaired) electrons. The SMILES string of the molecule is CCCCCCCCC/C=C/C=C/CCCCCC(=O)NC(COP(=O)(O)OCC[N+](C)(C)C)C(/C=C/CCCCCCCCCCCCC)OC(=O)CCCCCCCCCCCCCCC. The molecule has 0 aromatic carbocycles. The van der Waals surface area contributed by atoms with Gasteiger partial charge in [-0.2, -0.15) is 0 Å². The predicted octanol–water partition coefficient (Wildman–Crippen LogP) is 17.2. The van der Waals surface area contributed by atoms with Gasteiger partial charge < -0.3 is 19.4 Å². The monoisotopic (exact) mass is 980 g/mol. The largest absolute Gasteiger partial charge is 0.472 e. The molecule has 3 unspecified atom stereocenters. The third-order valence-electron chi connectivity index (χ3n) is 12.9. The van der Waals surface area contributed by atoms with Crippen LogP contribution in [0.15, 0.2) is 36.5 Å². The summed E-state index contributed by atoms with van der Waals surface area (Å²) in [6, 6.07) is -0.857. The van der Waals surface area contributed by atoms with Crippen LogP contribution in [0.2, 0.25) is 0 Å². The first-order valence-corrected chi connectivity index (χ1v) is 30.3. The Hall–Kier alpha value is -1.77. The van der Waals surface area contributed by atoms with Gasteiger partial charge in [-0.25, -0.2) is 4.57 Å². The molecule has 3 atom stereocenters. The maximum Gasteiger partial charge on any atom is 0.472 e. The van der Waals surface area contributed by atoms with Gasteiger partial charge in [0, 0.05) is 12.8 Å². The van der Waals surface area contributed by atoms with Crippen molar-refractivity contribution in [1.82, 2.24) is 5.32 Å². The van der Waals surface area contributed by atoms with Crippen LogP contribution in [-0.4, -0.2) is 74.3 Å². The van der Waals surface area contributed by atoms with Crippen molar-refractivity contribution in [2.24, 2.45) is 0 Å². The highest BCUT2D eigenvalue weighted by atomic mass is 31.2. The lowest BCUT2D eigenvalue weighted by molar-refractivity contribution is -0.870. The van der Waals surface area contributed by atoms with E-state index in [1.165, 1.54) is 167 Å². The third-order valence-corrected chi connectivity index (χ3v) is 13.8. The molecule has 10 heteroatoms. The van der Waals surface area contributed by atoms with Gasteiger partial charge in [-0.1, -0.05) is 237 Å². The lowest BCUT2D eigenvalue weighted by atomic mass is 10.0. The van der Waals surface area contributed by atoms with E-state index in [0.29, 0.717) is 23.9 Å². The summed E-state index contributed by atoms with van der Waals surface area (Å²) < 4.78 is 30.6. The molecule has 0 aliphatic rings. The summed E-state index contributed by atoms with van der Waals surface area (Å²) in [5, 5.41) is 3.04. The van der Waals surface area contributed by atoms with Gasteiger partial charge in [0.25, 0.3) is 0 Å². The zero-order valence-electron chi connectivity index (χ0n) is 45.6. The Morgan fingerprint density at radius 1 is 0.515 bits per heavy atom. The van der Waals surface area contributed by atoms with Crippen molar-refractivity contribution in [2.45, 2.75) is 283 Å². The van der Waals surface area contributed by atoms with E-state index in [1.54, 1.807) is 0 Å². The summed E-state index contributed by atoms with van der Waals surface area (Å²) in [6.45, 7) is 7.00. The lowest BCUT2D eigenvalue weighted by Crippen LogP contribution is -2.47. The number of esters is 1. The van der Waals surface area contributed by atoms with E-state index in [0.717, 1.165) is 64.2 Å². The van der Waals surface area contributed by atoms with Crippen molar-refractivity contribution in [3.63, 3.8) is 0 Å². The second-order valence-electron chi connectivity index (χ2n) is 20.9. The molecule has 9 nitrogen and oxygen atoms in total. The Morgan fingerprint density at radius 3 is 1.31 bits per heavy atom. The number of allylic oxidation sites excluding steroid dienone is 5. The molecule has 68 heavy (non-hydrogen) atoms. The summed E-state index contributed by atoms with van der Waals surface area (Å²) in [5.41, 5.74) is 0. The van der Waals surface area contributed by atoms with Crippen molar-refractivity contribution >= 4 is 19.7 Å². The van der Waals surface area contributed by atoms with Gasteiger partial charge in [-0.3, -0.25) is 18.6 Å². The fraction of sp³-hybridized carbons (Fsp3) is 0.862. The number of carbonyl (C=O) groups is 2. The van der Waals surface area contributed by atoms with Gasteiger partial charge in [0.05, 0.1) is 33.8 Å². The quantitative estimate of drug-likeness (QED) is 0.0156. The number of nitrogens with one attached hydrogen (secondary N) is 1. The van der Waals surface area contributed by atoms with Gasteiger partial charge in [0.1, 0.15) is 19.3 Å². The zero-order chi connectivity index (χ0) is 50.1. The first-order chi connectivity index (χ1) is 32.9. The number of amides is 1. The van der Waals surface area contributed by atoms with Gasteiger partial charge in [0.2, 0.25) is 5.91 Å². The Bertz CT molecular complexity index is 1270. The molecular formula is C58H112N2O7P+. The van der Waals surface area contributed by atoms with Crippen molar-refractivity contribution in [1.29, 1.82) is 0 Å². The van der Waals surface area contributed by atoms with Crippen molar-refractivity contribution in [3.8, 4) is 0 Å². The normalized spacial score (nSPS) is 14.0. The Morgan fingerprint density at radius 2 is 0.882 bits per heavy atom. The molecule has 0 aromatic heterocycles. The lowest BCUT2D eigenvalue weighted by Gasteiger charge is -2.27. The molecule has 0 aliphatic carbocycles. The Balaban J connectivity index is 5.41. The number of likely N-dealkylation sites (N-methyl/N-ethyl adjacent to an activating group) is 1. The van der Waals surface area contributed by atoms with E-state index < -0.39 is 20.0 Å². The molecule has 0 heterocycles. The number of carbonyl (C=O) groups excluding carboxylic acids is 2. The highest BCUT2D eigenvalue weighted by molar-refractivity contribution is 7.47. The standard InChI is InChI=1S/C58H111N2O7P/c1-7-10-13-16-19-22-25-28-29-30-33-35-38-41-44-47-50-57(61)59-55(54-66-68(63,64)65-53-52-60(4,5)6)56(49-46-43-40-37-34-31-26-23-20-17-14-11-8-2)67-58(62)51-48-45-42-39-36-32-27-24-21-18-15-12-9-3/h29-30,33,35,46,49,55-56H,7-28,31-32,34,36-45,47-48,50-54H2,1-6H3,(H-,59,61,63,64)/p+1/b30-29+,35-33+,49-46+. The first kappa shape index (κ1) is 66.2. The topological polar surface area (TPSA) is 111 Å². The molecule has 1 amide bonds. The summed E-state index contributed by atoms with van der Waals surface area (Å²) in [6.07, 6.45) is 57.0. The van der Waals surface area contributed by atoms with Crippen LogP contribution in [0.3, 0.4) is 0 Å². The average molecular weight is 981 g/mol. The first-order valence-electron chi connectivity index (χ1n) is 28.8. The smallest absolute Gasteiger partial charge is 0.456 e. The number of rotatable bonds is 52. The third kappa shape index (κ3) is 49.2. The molecule has 0 saturated carbocycles. The fourth-order valence-electron chi connectivity index (χ4n) is 8.34. The highest BCUT2D eigenvalue weighted by Gasteiger charge is 2.30. The van der Waals surface area contributed by atoms with Crippen LogP contribution in [0.5, 0.6) is 0 Å². The van der Waals surface area contributed by atoms with Crippen LogP contribution in [0.1, 0.15) is 271 Å². The Labute approximate surface area is 421 Å². The maximum absolute atomic E-state index is 13.5. The summed E-state index contributed by atoms with van der Waals surface area (Å²) in [7, 11) is 1.49. The van der Waals surface area contributed by atoms with E-state index in [4.69, 9.17) is 13.8 Å². The minimum Gasteiger partial charge on any atom is -0.456 e. The summed E-state index contributed by atoms with van der Waals surface area (Å²) >= 11 is 0. The fourth-order valence-corrected chi connectivity index (χ4v) is 9.08. The number of unbranched alkanes of at least 4 members (excludes halogenated alkanes) is 33. The highest BCUT2D eigenvalue weighted by Crippen LogP contribution is 2.43. The molecule has 0 rings (SSSR count). The van der Waals surface area contributed by atoms with Crippen molar-refractivity contribution < 1.29 is 37.3 Å². The van der Waals surface area contributed by atoms with Crippen LogP contribution >= 0.6 is 7.82 Å². The van der Waals surface area contributed by atoms with Gasteiger partial charge in [0.15, 0.2) is 0 Å². The minimum absolute atomic E-state index is 0.0371. The number of hydrogen-bond acceptors (Lipinski definition) is 6. The molecular weight excluding hydrogens is 868 g/mol. The molecule has 2 N–H and O–H groups in total. The van der Waals surface area contributed by atoms with Crippen LogP contribution in [0.4, 0.5) is 0 Å². The van der Waals surface area contributed by atoms with E-state index in [9.17, 15) is 19.0 Å². The van der Waals surface area contributed by atoms with E-state index in [-0.39, 0.29) is 31.5 Å². The van der Waals surface area contributed by atoms with Gasteiger partial charge >= 0.3 is 13.8 Å². The second-order valence-corrected chi connectivity index (χ2v) is 22.3. The van der Waals surface area contributed by atoms with Gasteiger partial charge in [-0.15, -0.1) is 0 Å². The number of phosphoric ester groups is 1. The summed E-state index contributed by atoms with van der Waals surface area (Å²) in [4.78, 5) is 37.5. The van der Waals surface area contributed by atoms with Crippen molar-refractivity contribution in [3.05, 3.63) is 36.5 Å². The molecule has 0 aromatic rings. The average Bonchev–Trinajstić information content (AvgIpc) is 3.29. The van der Waals surface area contributed by atoms with E-state index in [1.807, 2.05) is 33.3 Å². The van der Waals surface area contributed by atoms with E-state index >= 15 is 0 Å². The van der Waals surface area contributed by atoms with Gasteiger partial charge in [-0.05, 0) is 57.4 Å². The maximum atomic E-state index is 13.5. The number of phosphoric acid groups is 1. The predicted molar refractivity (Wildman–Crippen MR) is 291 cm³/mol. The number of nitrogens with zero attached hydrogens (tertiary/aromatic N) is 1. The molecule has 0 saturated heterocycles. The van der Waals surface area contributed by atoms with E-state index in [2.05, 4.69) is 50.4 Å². The Kier molecular flexibility index (Phi) is 47.6. The van der Waals surface area contributed by atoms with Crippen molar-refractivity contribution in [2.75, 3.05) is 40.9 Å².